The summed E-state index contributed by atoms with van der Waals surface area (Å²) in [5, 5.41) is 36.5. The maximum atomic E-state index is 9.83. The fourth-order valence-corrected chi connectivity index (χ4v) is 4.03. The van der Waals surface area contributed by atoms with Gasteiger partial charge in [-0.2, -0.15) is 0 Å². The van der Waals surface area contributed by atoms with Gasteiger partial charge in [-0.3, -0.25) is 0 Å². The highest BCUT2D eigenvalue weighted by Crippen LogP contribution is 2.31. The molecule has 0 unspecified atom stereocenters. The first-order chi connectivity index (χ1) is 15.1. The molecule has 0 amide bonds. The standard InChI is InChI=1S/C22H24ClN5O3/c1-31-20-5-3-15(11-19(20)23)12-24-21-18-10-14(13-25-30)2-4-17(18)22(27-26-21)28-8-6-16(29)7-9-28/h2-5,10-11,13,16,29-30H,6-9,12H2,1H3,(H,24,26)/b25-13+. The molecule has 8 nitrogen and oxygen atoms in total. The van der Waals surface area contributed by atoms with Crippen LogP contribution in [0.3, 0.4) is 0 Å². The Labute approximate surface area is 185 Å². The Bertz CT molecular complexity index is 1100. The lowest BCUT2D eigenvalue weighted by molar-refractivity contribution is 0.145. The number of nitrogens with zero attached hydrogens (tertiary/aromatic N) is 4. The minimum atomic E-state index is -0.264. The number of fused-ring (bicyclic) bond motifs is 1. The third kappa shape index (κ3) is 4.65. The van der Waals surface area contributed by atoms with Gasteiger partial charge in [0.2, 0.25) is 0 Å². The largest absolute Gasteiger partial charge is 0.495 e. The number of hydrogen-bond donors (Lipinski definition) is 3. The van der Waals surface area contributed by atoms with E-state index in [2.05, 4.69) is 25.6 Å². The van der Waals surface area contributed by atoms with E-state index in [9.17, 15) is 5.11 Å². The van der Waals surface area contributed by atoms with Crippen LogP contribution < -0.4 is 15.0 Å². The molecule has 2 aromatic carbocycles. The Morgan fingerprint density at radius 1 is 1.19 bits per heavy atom. The van der Waals surface area contributed by atoms with Gasteiger partial charge in [0.05, 0.1) is 24.5 Å². The van der Waals surface area contributed by atoms with Gasteiger partial charge >= 0.3 is 0 Å². The van der Waals surface area contributed by atoms with Crippen LogP contribution in [0.1, 0.15) is 24.0 Å². The Kier molecular flexibility index (Phi) is 6.39. The molecule has 1 aromatic heterocycles. The second kappa shape index (κ2) is 9.36. The molecule has 1 aliphatic heterocycles. The quantitative estimate of drug-likeness (QED) is 0.304. The lowest BCUT2D eigenvalue weighted by Gasteiger charge is -2.31. The molecular formula is C22H24ClN5O3. The van der Waals surface area contributed by atoms with Crippen LogP contribution >= 0.6 is 11.6 Å². The number of anilines is 2. The maximum absolute atomic E-state index is 9.83. The molecule has 3 N–H and O–H groups in total. The van der Waals surface area contributed by atoms with E-state index < -0.39 is 0 Å². The molecule has 3 aromatic rings. The Morgan fingerprint density at radius 2 is 2.00 bits per heavy atom. The van der Waals surface area contributed by atoms with Crippen molar-refractivity contribution in [3.63, 3.8) is 0 Å². The van der Waals surface area contributed by atoms with E-state index in [0.29, 0.717) is 36.0 Å². The summed E-state index contributed by atoms with van der Waals surface area (Å²) in [5.74, 6) is 2.03. The monoisotopic (exact) mass is 441 g/mol. The van der Waals surface area contributed by atoms with Crippen molar-refractivity contribution in [3.8, 4) is 5.75 Å². The molecule has 1 saturated heterocycles. The van der Waals surface area contributed by atoms with Gasteiger partial charge in [0.1, 0.15) is 5.75 Å². The molecule has 0 spiro atoms. The summed E-state index contributed by atoms with van der Waals surface area (Å²) in [7, 11) is 1.58. The van der Waals surface area contributed by atoms with E-state index in [0.717, 1.165) is 40.8 Å². The number of aliphatic hydroxyl groups excluding tert-OH is 1. The summed E-state index contributed by atoms with van der Waals surface area (Å²) >= 11 is 6.24. The molecule has 0 radical (unpaired) electrons. The van der Waals surface area contributed by atoms with Crippen LogP contribution in [-0.2, 0) is 6.54 Å². The summed E-state index contributed by atoms with van der Waals surface area (Å²) < 4.78 is 5.21. The molecule has 2 heterocycles. The number of ether oxygens (including phenoxy) is 1. The third-order valence-corrected chi connectivity index (χ3v) is 5.73. The highest BCUT2D eigenvalue weighted by atomic mass is 35.5. The van der Waals surface area contributed by atoms with Crippen LogP contribution in [0.2, 0.25) is 5.02 Å². The van der Waals surface area contributed by atoms with Gasteiger partial charge < -0.3 is 25.3 Å². The van der Waals surface area contributed by atoms with Crippen LogP contribution in [0.5, 0.6) is 5.75 Å². The number of benzene rings is 2. The van der Waals surface area contributed by atoms with E-state index in [-0.39, 0.29) is 6.10 Å². The van der Waals surface area contributed by atoms with Crippen molar-refractivity contribution >= 4 is 40.2 Å². The first-order valence-corrected chi connectivity index (χ1v) is 10.4. The van der Waals surface area contributed by atoms with Crippen LogP contribution in [0.4, 0.5) is 11.6 Å². The van der Waals surface area contributed by atoms with Crippen molar-refractivity contribution in [3.05, 3.63) is 52.5 Å². The number of rotatable bonds is 6. The van der Waals surface area contributed by atoms with Crippen LogP contribution in [0, 0.1) is 0 Å². The zero-order chi connectivity index (χ0) is 21.8. The highest BCUT2D eigenvalue weighted by Gasteiger charge is 2.21. The summed E-state index contributed by atoms with van der Waals surface area (Å²) in [5.41, 5.74) is 1.72. The number of nitrogens with one attached hydrogen (secondary N) is 1. The predicted molar refractivity (Wildman–Crippen MR) is 122 cm³/mol. The number of aromatic nitrogens is 2. The van der Waals surface area contributed by atoms with E-state index in [4.69, 9.17) is 21.5 Å². The molecular weight excluding hydrogens is 418 g/mol. The molecule has 162 valence electrons. The summed E-state index contributed by atoms with van der Waals surface area (Å²) in [6.07, 6.45) is 2.53. The first-order valence-electron chi connectivity index (χ1n) is 10.1. The minimum Gasteiger partial charge on any atom is -0.495 e. The van der Waals surface area contributed by atoms with Gasteiger partial charge in [0, 0.05) is 30.4 Å². The molecule has 1 fully saturated rings. The molecule has 0 atom stereocenters. The minimum absolute atomic E-state index is 0.264. The van der Waals surface area contributed by atoms with Gasteiger partial charge in [0.15, 0.2) is 11.6 Å². The average molecular weight is 442 g/mol. The van der Waals surface area contributed by atoms with E-state index in [1.807, 2.05) is 36.4 Å². The topological polar surface area (TPSA) is 103 Å². The number of methoxy groups -OCH3 is 1. The zero-order valence-electron chi connectivity index (χ0n) is 17.1. The summed E-state index contributed by atoms with van der Waals surface area (Å²) in [6.45, 7) is 1.95. The second-order valence-electron chi connectivity index (χ2n) is 7.46. The van der Waals surface area contributed by atoms with Gasteiger partial charge in [-0.25, -0.2) is 0 Å². The third-order valence-electron chi connectivity index (χ3n) is 5.43. The van der Waals surface area contributed by atoms with E-state index in [1.165, 1.54) is 6.21 Å². The van der Waals surface area contributed by atoms with Gasteiger partial charge in [-0.15, -0.1) is 10.2 Å². The normalized spacial score (nSPS) is 15.0. The van der Waals surface area contributed by atoms with Gasteiger partial charge in [-0.05, 0) is 48.2 Å². The number of hydrogen-bond acceptors (Lipinski definition) is 8. The van der Waals surface area contributed by atoms with Crippen molar-refractivity contribution in [2.75, 3.05) is 30.4 Å². The SMILES string of the molecule is COc1ccc(CNc2nnc(N3CCC(O)CC3)c3ccc(/C=N/O)cc23)cc1Cl. The molecule has 31 heavy (non-hydrogen) atoms. The van der Waals surface area contributed by atoms with Crippen LogP contribution in [0.25, 0.3) is 10.8 Å². The predicted octanol–water partition coefficient (Wildman–Crippen LogP) is 3.67. The van der Waals surface area contributed by atoms with Crippen LogP contribution in [0.15, 0.2) is 41.6 Å². The number of piperidine rings is 1. The van der Waals surface area contributed by atoms with Crippen molar-refractivity contribution in [2.24, 2.45) is 5.16 Å². The van der Waals surface area contributed by atoms with Crippen molar-refractivity contribution < 1.29 is 15.1 Å². The fraction of sp³-hybridized carbons (Fsp3) is 0.318. The van der Waals surface area contributed by atoms with Crippen molar-refractivity contribution in [2.45, 2.75) is 25.5 Å². The zero-order valence-corrected chi connectivity index (χ0v) is 17.9. The molecule has 0 bridgehead atoms. The van der Waals surface area contributed by atoms with Gasteiger partial charge in [-0.1, -0.05) is 28.9 Å². The van der Waals surface area contributed by atoms with Gasteiger partial charge in [0.25, 0.3) is 0 Å². The van der Waals surface area contributed by atoms with Crippen molar-refractivity contribution in [1.29, 1.82) is 0 Å². The molecule has 4 rings (SSSR count). The maximum Gasteiger partial charge on any atom is 0.159 e. The number of oxime groups is 1. The lowest BCUT2D eigenvalue weighted by Crippen LogP contribution is -2.36. The van der Waals surface area contributed by atoms with E-state index >= 15 is 0 Å². The second-order valence-corrected chi connectivity index (χ2v) is 7.87. The fourth-order valence-electron chi connectivity index (χ4n) is 3.75. The molecule has 0 aliphatic carbocycles. The first kappa shape index (κ1) is 21.1. The molecule has 0 saturated carbocycles. The lowest BCUT2D eigenvalue weighted by atomic mass is 10.1. The van der Waals surface area contributed by atoms with Crippen LogP contribution in [-0.4, -0.2) is 53.0 Å². The molecule has 9 heteroatoms. The average Bonchev–Trinajstić information content (AvgIpc) is 2.78. The number of aliphatic hydroxyl groups is 1. The number of halogens is 1. The summed E-state index contributed by atoms with van der Waals surface area (Å²) in [6, 6.07) is 11.4. The van der Waals surface area contributed by atoms with Crippen molar-refractivity contribution in [1.82, 2.24) is 10.2 Å². The molecule has 1 aliphatic rings. The summed E-state index contributed by atoms with van der Waals surface area (Å²) in [4.78, 5) is 2.15. The Hall–Kier alpha value is -3.10. The Balaban J connectivity index is 1.66. The Morgan fingerprint density at radius 3 is 2.71 bits per heavy atom. The highest BCUT2D eigenvalue weighted by molar-refractivity contribution is 6.32. The van der Waals surface area contributed by atoms with E-state index in [1.54, 1.807) is 7.11 Å². The smallest absolute Gasteiger partial charge is 0.159 e.